The maximum Gasteiger partial charge on any atom is 0.0995 e. The van der Waals surface area contributed by atoms with E-state index < -0.39 is 0 Å². The zero-order chi connectivity index (χ0) is 10.4. The van der Waals surface area contributed by atoms with Gasteiger partial charge in [0.05, 0.1) is 11.6 Å². The van der Waals surface area contributed by atoms with Crippen LogP contribution in [0.2, 0.25) is 0 Å². The fourth-order valence-electron chi connectivity index (χ4n) is 1.42. The van der Waals surface area contributed by atoms with Gasteiger partial charge in [0.2, 0.25) is 0 Å². The fourth-order valence-corrected chi connectivity index (χ4v) is 1.42. The van der Waals surface area contributed by atoms with Gasteiger partial charge in [0.25, 0.3) is 0 Å². The van der Waals surface area contributed by atoms with Crippen LogP contribution in [0.5, 0.6) is 0 Å². The Morgan fingerprint density at radius 1 is 1.33 bits per heavy atom. The van der Waals surface area contributed by atoms with Crippen molar-refractivity contribution in [1.29, 1.82) is 5.26 Å². The van der Waals surface area contributed by atoms with Gasteiger partial charge >= 0.3 is 0 Å². The van der Waals surface area contributed by atoms with Crippen molar-refractivity contribution in [2.75, 3.05) is 6.54 Å². The van der Waals surface area contributed by atoms with Gasteiger partial charge in [-0.3, -0.25) is 0 Å². The van der Waals surface area contributed by atoms with E-state index in [1.165, 1.54) is 0 Å². The van der Waals surface area contributed by atoms with E-state index in [0.29, 0.717) is 12.1 Å². The van der Waals surface area contributed by atoms with Crippen molar-refractivity contribution in [2.45, 2.75) is 18.9 Å². The molecule has 0 spiro atoms. The van der Waals surface area contributed by atoms with Gasteiger partial charge in [0.1, 0.15) is 0 Å². The molecule has 15 heavy (non-hydrogen) atoms. The van der Waals surface area contributed by atoms with E-state index in [1.54, 1.807) is 6.07 Å². The summed E-state index contributed by atoms with van der Waals surface area (Å²) in [6.07, 6.45) is 1.72. The summed E-state index contributed by atoms with van der Waals surface area (Å²) in [5.74, 6) is 0. The molecule has 0 heterocycles. The molecular weight excluding hydrogens is 210 g/mol. The SMILES string of the molecule is Cl.N#Cc1ccccc1[C@H](N)CCCN. The predicted molar refractivity (Wildman–Crippen MR) is 63.6 cm³/mol. The topological polar surface area (TPSA) is 75.8 Å². The minimum absolute atomic E-state index is 0. The van der Waals surface area contributed by atoms with Crippen LogP contribution in [0, 0.1) is 11.3 Å². The van der Waals surface area contributed by atoms with Gasteiger partial charge in [-0.25, -0.2) is 0 Å². The van der Waals surface area contributed by atoms with Crippen LogP contribution >= 0.6 is 12.4 Å². The summed E-state index contributed by atoms with van der Waals surface area (Å²) in [5, 5.41) is 8.86. The molecule has 0 radical (unpaired) electrons. The quantitative estimate of drug-likeness (QED) is 0.819. The van der Waals surface area contributed by atoms with Crippen molar-refractivity contribution >= 4 is 12.4 Å². The van der Waals surface area contributed by atoms with E-state index in [-0.39, 0.29) is 18.4 Å². The Balaban J connectivity index is 0.00000196. The maximum absolute atomic E-state index is 8.86. The molecule has 0 saturated carbocycles. The third-order valence-electron chi connectivity index (χ3n) is 2.20. The van der Waals surface area contributed by atoms with Gasteiger partial charge in [-0.05, 0) is 31.0 Å². The molecule has 0 unspecified atom stereocenters. The summed E-state index contributed by atoms with van der Waals surface area (Å²) in [5.41, 5.74) is 12.9. The molecule has 0 amide bonds. The van der Waals surface area contributed by atoms with Gasteiger partial charge in [0.15, 0.2) is 0 Å². The number of benzene rings is 1. The van der Waals surface area contributed by atoms with E-state index in [1.807, 2.05) is 18.2 Å². The van der Waals surface area contributed by atoms with E-state index in [4.69, 9.17) is 16.7 Å². The highest BCUT2D eigenvalue weighted by Gasteiger charge is 2.09. The third-order valence-corrected chi connectivity index (χ3v) is 2.20. The average molecular weight is 226 g/mol. The summed E-state index contributed by atoms with van der Waals surface area (Å²) in [4.78, 5) is 0. The largest absolute Gasteiger partial charge is 0.330 e. The Morgan fingerprint density at radius 2 is 2.00 bits per heavy atom. The number of nitriles is 1. The Bertz CT molecular complexity index is 333. The van der Waals surface area contributed by atoms with Crippen molar-refractivity contribution in [2.24, 2.45) is 11.5 Å². The minimum atomic E-state index is -0.0746. The van der Waals surface area contributed by atoms with E-state index in [0.717, 1.165) is 18.4 Å². The zero-order valence-corrected chi connectivity index (χ0v) is 9.33. The second-order valence-corrected chi connectivity index (χ2v) is 3.24. The lowest BCUT2D eigenvalue weighted by atomic mass is 9.98. The number of hydrogen-bond acceptors (Lipinski definition) is 3. The van der Waals surface area contributed by atoms with Gasteiger partial charge in [-0.1, -0.05) is 18.2 Å². The Hall–Kier alpha value is -1.08. The van der Waals surface area contributed by atoms with Crippen molar-refractivity contribution in [3.63, 3.8) is 0 Å². The summed E-state index contributed by atoms with van der Waals surface area (Å²) >= 11 is 0. The standard InChI is InChI=1S/C11H15N3.ClH/c12-7-3-6-11(14)10-5-2-1-4-9(10)8-13;/h1-2,4-5,11H,3,6-7,12,14H2;1H/t11-;/m1./s1. The molecule has 1 atom stereocenters. The van der Waals surface area contributed by atoms with Crippen molar-refractivity contribution in [3.05, 3.63) is 35.4 Å². The lowest BCUT2D eigenvalue weighted by molar-refractivity contribution is 0.617. The number of rotatable bonds is 4. The molecule has 0 aliphatic rings. The Labute approximate surface area is 96.5 Å². The van der Waals surface area contributed by atoms with Gasteiger partial charge in [-0.15, -0.1) is 12.4 Å². The summed E-state index contributed by atoms with van der Waals surface area (Å²) in [6, 6.07) is 9.51. The highest BCUT2D eigenvalue weighted by molar-refractivity contribution is 5.85. The van der Waals surface area contributed by atoms with Crippen LogP contribution in [-0.4, -0.2) is 6.54 Å². The van der Waals surface area contributed by atoms with Crippen LogP contribution in [0.15, 0.2) is 24.3 Å². The van der Waals surface area contributed by atoms with E-state index in [9.17, 15) is 0 Å². The second kappa shape index (κ2) is 7.24. The number of halogens is 1. The highest BCUT2D eigenvalue weighted by atomic mass is 35.5. The van der Waals surface area contributed by atoms with Crippen LogP contribution in [0.25, 0.3) is 0 Å². The fraction of sp³-hybridized carbons (Fsp3) is 0.364. The molecule has 82 valence electrons. The summed E-state index contributed by atoms with van der Waals surface area (Å²) in [7, 11) is 0. The molecule has 0 bridgehead atoms. The third kappa shape index (κ3) is 3.88. The first-order valence-corrected chi connectivity index (χ1v) is 4.74. The van der Waals surface area contributed by atoms with Gasteiger partial charge < -0.3 is 11.5 Å². The molecule has 0 aliphatic carbocycles. The van der Waals surface area contributed by atoms with Crippen molar-refractivity contribution in [1.82, 2.24) is 0 Å². The maximum atomic E-state index is 8.86. The number of hydrogen-bond donors (Lipinski definition) is 2. The van der Waals surface area contributed by atoms with Gasteiger partial charge in [0, 0.05) is 6.04 Å². The molecule has 0 fully saturated rings. The van der Waals surface area contributed by atoms with Crippen LogP contribution in [0.3, 0.4) is 0 Å². The molecule has 0 aromatic heterocycles. The van der Waals surface area contributed by atoms with Gasteiger partial charge in [-0.2, -0.15) is 5.26 Å². The van der Waals surface area contributed by atoms with E-state index in [2.05, 4.69) is 6.07 Å². The summed E-state index contributed by atoms with van der Waals surface area (Å²) in [6.45, 7) is 0.641. The molecule has 0 saturated heterocycles. The second-order valence-electron chi connectivity index (χ2n) is 3.24. The number of nitrogens with zero attached hydrogens (tertiary/aromatic N) is 1. The molecule has 0 aliphatic heterocycles. The van der Waals surface area contributed by atoms with E-state index >= 15 is 0 Å². The lowest BCUT2D eigenvalue weighted by Gasteiger charge is -2.12. The normalized spacial score (nSPS) is 11.3. The Morgan fingerprint density at radius 3 is 2.60 bits per heavy atom. The average Bonchev–Trinajstić information content (AvgIpc) is 2.25. The predicted octanol–water partition coefficient (Wildman–Crippen LogP) is 1.72. The molecule has 4 heteroatoms. The van der Waals surface area contributed by atoms with Crippen LogP contribution in [0.1, 0.15) is 30.0 Å². The van der Waals surface area contributed by atoms with Crippen LogP contribution < -0.4 is 11.5 Å². The first-order chi connectivity index (χ1) is 6.79. The summed E-state index contributed by atoms with van der Waals surface area (Å²) < 4.78 is 0. The first kappa shape index (κ1) is 13.9. The molecular formula is C11H16ClN3. The van der Waals surface area contributed by atoms with Crippen molar-refractivity contribution < 1.29 is 0 Å². The first-order valence-electron chi connectivity index (χ1n) is 4.74. The van der Waals surface area contributed by atoms with Crippen molar-refractivity contribution in [3.8, 4) is 6.07 Å². The molecule has 1 aromatic carbocycles. The Kier molecular flexibility index (Phi) is 6.72. The monoisotopic (exact) mass is 225 g/mol. The zero-order valence-electron chi connectivity index (χ0n) is 8.52. The number of nitrogens with two attached hydrogens (primary N) is 2. The smallest absolute Gasteiger partial charge is 0.0995 e. The molecule has 1 rings (SSSR count). The highest BCUT2D eigenvalue weighted by Crippen LogP contribution is 2.18. The molecule has 4 N–H and O–H groups in total. The lowest BCUT2D eigenvalue weighted by Crippen LogP contribution is -2.13. The van der Waals surface area contributed by atoms with Crippen LogP contribution in [-0.2, 0) is 0 Å². The molecule has 3 nitrogen and oxygen atoms in total. The minimum Gasteiger partial charge on any atom is -0.330 e. The van der Waals surface area contributed by atoms with Crippen LogP contribution in [0.4, 0.5) is 0 Å². The molecule has 1 aromatic rings.